The fourth-order valence-electron chi connectivity index (χ4n) is 2.51. The van der Waals surface area contributed by atoms with Crippen molar-refractivity contribution in [3.05, 3.63) is 28.8 Å². The molecule has 0 bridgehead atoms. The average Bonchev–Trinajstić information content (AvgIpc) is 2.95. The number of rotatable bonds is 3. The van der Waals surface area contributed by atoms with Crippen molar-refractivity contribution in [1.82, 2.24) is 9.80 Å². The van der Waals surface area contributed by atoms with E-state index >= 15 is 0 Å². The third-order valence-corrected chi connectivity index (χ3v) is 4.70. The summed E-state index contributed by atoms with van der Waals surface area (Å²) in [6, 6.07) is 5.04. The number of carbonyl (C=O) groups is 2. The number of benzene rings is 1. The molecule has 0 radical (unpaired) electrons. The normalized spacial score (nSPS) is 17.9. The molecule has 6 heteroatoms. The third kappa shape index (κ3) is 3.35. The Morgan fingerprint density at radius 2 is 2.10 bits per heavy atom. The number of hydrogen-bond acceptors (Lipinski definition) is 3. The van der Waals surface area contributed by atoms with Crippen LogP contribution in [-0.4, -0.2) is 54.6 Å². The number of likely N-dealkylation sites (N-methyl/N-ethyl adjacent to an activating group) is 1. The minimum atomic E-state index is -0.374. The highest BCUT2D eigenvalue weighted by Gasteiger charge is 2.35. The maximum Gasteiger partial charge on any atom is 0.256 e. The van der Waals surface area contributed by atoms with Crippen molar-refractivity contribution in [2.75, 3.05) is 26.9 Å². The van der Waals surface area contributed by atoms with Gasteiger partial charge in [-0.05, 0) is 37.3 Å². The molecular formula is C15H19ClN2O2S. The average molecular weight is 327 g/mol. The summed E-state index contributed by atoms with van der Waals surface area (Å²) < 4.78 is 0. The lowest BCUT2D eigenvalue weighted by atomic mass is 10.1. The molecular weight excluding hydrogens is 308 g/mol. The Hall–Kier alpha value is -1.20. The van der Waals surface area contributed by atoms with Gasteiger partial charge in [0.2, 0.25) is 5.91 Å². The third-order valence-electron chi connectivity index (χ3n) is 3.64. The lowest BCUT2D eigenvalue weighted by Gasteiger charge is -2.26. The van der Waals surface area contributed by atoms with Gasteiger partial charge >= 0.3 is 0 Å². The van der Waals surface area contributed by atoms with Crippen molar-refractivity contribution in [2.24, 2.45) is 0 Å². The maximum absolute atomic E-state index is 12.7. The zero-order valence-electron chi connectivity index (χ0n) is 12.4. The summed E-state index contributed by atoms with van der Waals surface area (Å²) in [5.41, 5.74) is 0.474. The summed E-state index contributed by atoms with van der Waals surface area (Å²) in [4.78, 5) is 29.1. The Kier molecular flexibility index (Phi) is 5.17. The minimum absolute atomic E-state index is 0.0296. The SMILES string of the molecule is CSc1ccc(Cl)c(C(=O)N2CCCC2C(=O)N(C)C)c1. The van der Waals surface area contributed by atoms with E-state index in [-0.39, 0.29) is 17.9 Å². The second-order valence-corrected chi connectivity index (χ2v) is 6.52. The van der Waals surface area contributed by atoms with Crippen molar-refractivity contribution in [2.45, 2.75) is 23.8 Å². The number of nitrogens with zero attached hydrogens (tertiary/aromatic N) is 2. The molecule has 0 aliphatic carbocycles. The Bertz CT molecular complexity index is 563. The number of thioether (sulfide) groups is 1. The van der Waals surface area contributed by atoms with Gasteiger partial charge in [-0.1, -0.05) is 11.6 Å². The van der Waals surface area contributed by atoms with Crippen LogP contribution in [0.2, 0.25) is 5.02 Å². The molecule has 2 rings (SSSR count). The van der Waals surface area contributed by atoms with Crippen LogP contribution in [0.1, 0.15) is 23.2 Å². The number of carbonyl (C=O) groups excluding carboxylic acids is 2. The van der Waals surface area contributed by atoms with Crippen molar-refractivity contribution in [3.8, 4) is 0 Å². The fraction of sp³-hybridized carbons (Fsp3) is 0.467. The summed E-state index contributed by atoms with van der Waals surface area (Å²) in [7, 11) is 3.43. The molecule has 21 heavy (non-hydrogen) atoms. The van der Waals surface area contributed by atoms with Gasteiger partial charge < -0.3 is 9.80 Å². The first-order valence-corrected chi connectivity index (χ1v) is 8.41. The van der Waals surface area contributed by atoms with Gasteiger partial charge in [-0.25, -0.2) is 0 Å². The Balaban J connectivity index is 2.28. The second-order valence-electron chi connectivity index (χ2n) is 5.24. The summed E-state index contributed by atoms with van der Waals surface area (Å²) in [6.45, 7) is 0.600. The lowest BCUT2D eigenvalue weighted by molar-refractivity contribution is -0.132. The van der Waals surface area contributed by atoms with Gasteiger partial charge in [-0.3, -0.25) is 9.59 Å². The monoisotopic (exact) mass is 326 g/mol. The van der Waals surface area contributed by atoms with Gasteiger partial charge in [-0.15, -0.1) is 11.8 Å². The molecule has 1 saturated heterocycles. The predicted molar refractivity (Wildman–Crippen MR) is 86.0 cm³/mol. The van der Waals surface area contributed by atoms with Gasteiger partial charge in [0.1, 0.15) is 6.04 Å². The van der Waals surface area contributed by atoms with E-state index in [9.17, 15) is 9.59 Å². The highest BCUT2D eigenvalue weighted by atomic mass is 35.5. The van der Waals surface area contributed by atoms with E-state index in [1.807, 2.05) is 12.3 Å². The van der Waals surface area contributed by atoms with E-state index in [1.165, 1.54) is 4.90 Å². The standard InChI is InChI=1S/C15H19ClN2O2S/c1-17(2)15(20)13-5-4-8-18(13)14(19)11-9-10(21-3)6-7-12(11)16/h6-7,9,13H,4-5,8H2,1-3H3. The van der Waals surface area contributed by atoms with E-state index in [4.69, 9.17) is 11.6 Å². The summed E-state index contributed by atoms with van der Waals surface area (Å²) in [5, 5.41) is 0.431. The molecule has 0 saturated carbocycles. The van der Waals surface area contributed by atoms with Crippen LogP contribution >= 0.6 is 23.4 Å². The lowest BCUT2D eigenvalue weighted by Crippen LogP contribution is -2.45. The molecule has 1 aromatic carbocycles. The molecule has 0 aromatic heterocycles. The Morgan fingerprint density at radius 1 is 1.38 bits per heavy atom. The zero-order chi connectivity index (χ0) is 15.6. The van der Waals surface area contributed by atoms with E-state index in [2.05, 4.69) is 0 Å². The van der Waals surface area contributed by atoms with Crippen LogP contribution in [0.3, 0.4) is 0 Å². The van der Waals surface area contributed by atoms with Crippen LogP contribution in [0.15, 0.2) is 23.1 Å². The molecule has 1 aliphatic rings. The molecule has 1 heterocycles. The van der Waals surface area contributed by atoms with Crippen LogP contribution in [0.25, 0.3) is 0 Å². The number of halogens is 1. The van der Waals surface area contributed by atoms with E-state index < -0.39 is 0 Å². The smallest absolute Gasteiger partial charge is 0.256 e. The van der Waals surface area contributed by atoms with Crippen molar-refractivity contribution in [3.63, 3.8) is 0 Å². The van der Waals surface area contributed by atoms with Crippen molar-refractivity contribution in [1.29, 1.82) is 0 Å². The molecule has 1 atom stereocenters. The largest absolute Gasteiger partial charge is 0.347 e. The van der Waals surface area contributed by atoms with Crippen LogP contribution in [0, 0.1) is 0 Å². The molecule has 4 nitrogen and oxygen atoms in total. The summed E-state index contributed by atoms with van der Waals surface area (Å²) >= 11 is 7.72. The number of likely N-dealkylation sites (tertiary alicyclic amines) is 1. The quantitative estimate of drug-likeness (QED) is 0.802. The van der Waals surface area contributed by atoms with Gasteiger partial charge in [0, 0.05) is 25.5 Å². The van der Waals surface area contributed by atoms with Gasteiger partial charge in [0.15, 0.2) is 0 Å². The molecule has 1 fully saturated rings. The molecule has 114 valence electrons. The molecule has 1 aromatic rings. The van der Waals surface area contributed by atoms with Gasteiger partial charge in [0.25, 0.3) is 5.91 Å². The van der Waals surface area contributed by atoms with Crippen molar-refractivity contribution >= 4 is 35.2 Å². The molecule has 1 unspecified atom stereocenters. The van der Waals surface area contributed by atoms with Gasteiger partial charge in [0.05, 0.1) is 10.6 Å². The first-order chi connectivity index (χ1) is 9.95. The molecule has 0 spiro atoms. The molecule has 1 aliphatic heterocycles. The fourth-order valence-corrected chi connectivity index (χ4v) is 3.15. The second kappa shape index (κ2) is 6.71. The highest BCUT2D eigenvalue weighted by Crippen LogP contribution is 2.27. The predicted octanol–water partition coefficient (Wildman–Crippen LogP) is 2.75. The maximum atomic E-state index is 12.7. The highest BCUT2D eigenvalue weighted by molar-refractivity contribution is 7.98. The van der Waals surface area contributed by atoms with Crippen molar-refractivity contribution < 1.29 is 9.59 Å². The number of amides is 2. The molecule has 0 N–H and O–H groups in total. The topological polar surface area (TPSA) is 40.6 Å². The van der Waals surface area contributed by atoms with E-state index in [1.54, 1.807) is 42.9 Å². The van der Waals surface area contributed by atoms with E-state index in [0.717, 1.165) is 11.3 Å². The molecule has 2 amide bonds. The first kappa shape index (κ1) is 16.2. The van der Waals surface area contributed by atoms with Crippen LogP contribution in [0.5, 0.6) is 0 Å². The minimum Gasteiger partial charge on any atom is -0.347 e. The summed E-state index contributed by atoms with van der Waals surface area (Å²) in [5.74, 6) is -0.188. The zero-order valence-corrected chi connectivity index (χ0v) is 14.0. The van der Waals surface area contributed by atoms with Crippen LogP contribution < -0.4 is 0 Å². The van der Waals surface area contributed by atoms with Crippen LogP contribution in [0.4, 0.5) is 0 Å². The Morgan fingerprint density at radius 3 is 2.71 bits per heavy atom. The Labute approximate surface area is 134 Å². The number of hydrogen-bond donors (Lipinski definition) is 0. The van der Waals surface area contributed by atoms with E-state index in [0.29, 0.717) is 23.6 Å². The van der Waals surface area contributed by atoms with Crippen LogP contribution in [-0.2, 0) is 4.79 Å². The van der Waals surface area contributed by atoms with Gasteiger partial charge in [-0.2, -0.15) is 0 Å². The summed E-state index contributed by atoms with van der Waals surface area (Å²) in [6.07, 6.45) is 3.50. The first-order valence-electron chi connectivity index (χ1n) is 6.81.